The van der Waals surface area contributed by atoms with Crippen LogP contribution in [0.5, 0.6) is 5.75 Å². The summed E-state index contributed by atoms with van der Waals surface area (Å²) in [6.07, 6.45) is 0. The van der Waals surface area contributed by atoms with Crippen molar-refractivity contribution >= 4 is 57.2 Å². The molecule has 3 aromatic rings. The first-order valence-corrected chi connectivity index (χ1v) is 9.53. The molecule has 4 nitrogen and oxygen atoms in total. The summed E-state index contributed by atoms with van der Waals surface area (Å²) >= 11 is 19.4. The summed E-state index contributed by atoms with van der Waals surface area (Å²) < 4.78 is 5.47. The number of carbonyl (C=O) groups is 1. The van der Waals surface area contributed by atoms with Crippen molar-refractivity contribution in [1.29, 1.82) is 0 Å². The second-order valence-corrected chi connectivity index (χ2v) is 7.52. The molecule has 2 aromatic carbocycles. The Bertz CT molecular complexity index is 959. The topological polar surface area (TPSA) is 51.2 Å². The highest BCUT2D eigenvalue weighted by atomic mass is 35.5. The van der Waals surface area contributed by atoms with Gasteiger partial charge in [0, 0.05) is 21.0 Å². The fourth-order valence-electron chi connectivity index (χ4n) is 2.16. The number of hydrogen-bond donors (Lipinski definition) is 1. The Balaban J connectivity index is 1.61. The molecule has 0 saturated heterocycles. The van der Waals surface area contributed by atoms with Gasteiger partial charge in [-0.3, -0.25) is 10.1 Å². The highest BCUT2D eigenvalue weighted by Crippen LogP contribution is 2.32. The molecule has 0 fully saturated rings. The van der Waals surface area contributed by atoms with Crippen molar-refractivity contribution in [3.05, 3.63) is 62.4 Å². The van der Waals surface area contributed by atoms with Crippen LogP contribution in [0.1, 0.15) is 5.56 Å². The summed E-state index contributed by atoms with van der Waals surface area (Å²) in [5.74, 6) is 0.274. The van der Waals surface area contributed by atoms with Gasteiger partial charge in [0.25, 0.3) is 5.91 Å². The number of aryl methyl sites for hydroxylation is 1. The maximum absolute atomic E-state index is 12.1. The molecule has 26 heavy (non-hydrogen) atoms. The molecule has 0 radical (unpaired) electrons. The van der Waals surface area contributed by atoms with Crippen LogP contribution in [-0.4, -0.2) is 17.5 Å². The molecule has 1 amide bonds. The largest absolute Gasteiger partial charge is 0.484 e. The lowest BCUT2D eigenvalue weighted by molar-refractivity contribution is -0.118. The first-order chi connectivity index (χ1) is 12.4. The summed E-state index contributed by atoms with van der Waals surface area (Å²) in [6.45, 7) is 1.74. The molecule has 3 rings (SSSR count). The SMILES string of the molecule is Cc1cc(OCC(=O)Nc2nc(-c3ccc(Cl)cc3Cl)cs2)ccc1Cl. The molecule has 1 N–H and O–H groups in total. The number of thiazole rings is 1. The minimum atomic E-state index is -0.305. The van der Waals surface area contributed by atoms with Gasteiger partial charge >= 0.3 is 0 Å². The molecule has 0 aliphatic heterocycles. The van der Waals surface area contributed by atoms with Gasteiger partial charge in [-0.25, -0.2) is 4.98 Å². The average Bonchev–Trinajstić information content (AvgIpc) is 3.04. The number of aromatic nitrogens is 1. The number of benzene rings is 2. The fourth-order valence-corrected chi connectivity index (χ4v) is 3.51. The molecule has 134 valence electrons. The molecular weight excluding hydrogens is 415 g/mol. The number of amides is 1. The molecule has 0 aliphatic rings. The van der Waals surface area contributed by atoms with Crippen molar-refractivity contribution in [2.75, 3.05) is 11.9 Å². The van der Waals surface area contributed by atoms with Gasteiger partial charge in [0.2, 0.25) is 0 Å². The Hall–Kier alpha value is -1.79. The van der Waals surface area contributed by atoms with Crippen molar-refractivity contribution in [2.45, 2.75) is 6.92 Å². The van der Waals surface area contributed by atoms with Gasteiger partial charge in [-0.1, -0.05) is 34.8 Å². The van der Waals surface area contributed by atoms with Gasteiger partial charge in [0.1, 0.15) is 5.75 Å². The zero-order valence-electron chi connectivity index (χ0n) is 13.6. The third kappa shape index (κ3) is 4.68. The van der Waals surface area contributed by atoms with Crippen molar-refractivity contribution < 1.29 is 9.53 Å². The molecule has 0 saturated carbocycles. The molecule has 1 aromatic heterocycles. The van der Waals surface area contributed by atoms with Crippen molar-refractivity contribution in [3.8, 4) is 17.0 Å². The lowest BCUT2D eigenvalue weighted by Crippen LogP contribution is -2.20. The molecule has 0 spiro atoms. The lowest BCUT2D eigenvalue weighted by Gasteiger charge is -2.07. The van der Waals surface area contributed by atoms with Crippen LogP contribution in [0.2, 0.25) is 15.1 Å². The Labute approximate surface area is 169 Å². The highest BCUT2D eigenvalue weighted by Gasteiger charge is 2.11. The number of nitrogens with zero attached hydrogens (tertiary/aromatic N) is 1. The minimum Gasteiger partial charge on any atom is -0.484 e. The fraction of sp³-hybridized carbons (Fsp3) is 0.111. The molecule has 0 unspecified atom stereocenters. The second kappa shape index (κ2) is 8.27. The third-order valence-electron chi connectivity index (χ3n) is 3.46. The quantitative estimate of drug-likeness (QED) is 0.535. The summed E-state index contributed by atoms with van der Waals surface area (Å²) in [6, 6.07) is 10.4. The van der Waals surface area contributed by atoms with Gasteiger partial charge in [0.05, 0.1) is 10.7 Å². The van der Waals surface area contributed by atoms with E-state index in [1.165, 1.54) is 11.3 Å². The van der Waals surface area contributed by atoms with Crippen LogP contribution in [0, 0.1) is 6.92 Å². The summed E-state index contributed by atoms with van der Waals surface area (Å²) in [5, 5.41) is 6.69. The molecule has 1 heterocycles. The molecule has 8 heteroatoms. The Morgan fingerprint density at radius 2 is 1.96 bits per heavy atom. The normalized spacial score (nSPS) is 10.6. The van der Waals surface area contributed by atoms with Crippen LogP contribution in [-0.2, 0) is 4.79 Å². The van der Waals surface area contributed by atoms with E-state index >= 15 is 0 Å². The number of hydrogen-bond acceptors (Lipinski definition) is 4. The van der Waals surface area contributed by atoms with E-state index in [9.17, 15) is 4.79 Å². The van der Waals surface area contributed by atoms with E-state index in [1.54, 1.807) is 36.4 Å². The number of ether oxygens (including phenoxy) is 1. The number of carbonyl (C=O) groups excluding carboxylic acids is 1. The third-order valence-corrected chi connectivity index (χ3v) is 5.19. The summed E-state index contributed by atoms with van der Waals surface area (Å²) in [5.41, 5.74) is 2.30. The van der Waals surface area contributed by atoms with E-state index in [1.807, 2.05) is 12.3 Å². The Morgan fingerprint density at radius 1 is 1.15 bits per heavy atom. The van der Waals surface area contributed by atoms with Gasteiger partial charge in [0.15, 0.2) is 11.7 Å². The monoisotopic (exact) mass is 426 g/mol. The number of nitrogens with one attached hydrogen (secondary N) is 1. The molecular formula is C18H13Cl3N2O2S. The molecule has 0 aliphatic carbocycles. The lowest BCUT2D eigenvalue weighted by atomic mass is 10.2. The van der Waals surface area contributed by atoms with E-state index in [4.69, 9.17) is 39.5 Å². The highest BCUT2D eigenvalue weighted by molar-refractivity contribution is 7.14. The minimum absolute atomic E-state index is 0.127. The van der Waals surface area contributed by atoms with Crippen molar-refractivity contribution in [3.63, 3.8) is 0 Å². The summed E-state index contributed by atoms with van der Waals surface area (Å²) in [4.78, 5) is 16.4. The summed E-state index contributed by atoms with van der Waals surface area (Å²) in [7, 11) is 0. The molecule has 0 atom stereocenters. The van der Waals surface area contributed by atoms with Crippen molar-refractivity contribution in [1.82, 2.24) is 4.98 Å². The van der Waals surface area contributed by atoms with E-state index in [0.29, 0.717) is 31.6 Å². The first kappa shape index (κ1) is 19.0. The van der Waals surface area contributed by atoms with E-state index < -0.39 is 0 Å². The van der Waals surface area contributed by atoms with Crippen LogP contribution in [0.15, 0.2) is 41.8 Å². The second-order valence-electron chi connectivity index (χ2n) is 5.41. The van der Waals surface area contributed by atoms with Crippen LogP contribution >= 0.6 is 46.1 Å². The van der Waals surface area contributed by atoms with Gasteiger partial charge in [-0.05, 0) is 48.9 Å². The predicted octanol–water partition coefficient (Wildman–Crippen LogP) is 6.10. The van der Waals surface area contributed by atoms with Crippen LogP contribution < -0.4 is 10.1 Å². The van der Waals surface area contributed by atoms with E-state index in [-0.39, 0.29) is 12.5 Å². The van der Waals surface area contributed by atoms with Crippen LogP contribution in [0.3, 0.4) is 0 Å². The van der Waals surface area contributed by atoms with Crippen molar-refractivity contribution in [2.24, 2.45) is 0 Å². The predicted molar refractivity (Wildman–Crippen MR) is 108 cm³/mol. The van der Waals surface area contributed by atoms with Gasteiger partial charge in [-0.15, -0.1) is 11.3 Å². The smallest absolute Gasteiger partial charge is 0.264 e. The van der Waals surface area contributed by atoms with Gasteiger partial charge in [-0.2, -0.15) is 0 Å². The average molecular weight is 428 g/mol. The zero-order chi connectivity index (χ0) is 18.7. The van der Waals surface area contributed by atoms with E-state index in [2.05, 4.69) is 10.3 Å². The maximum Gasteiger partial charge on any atom is 0.264 e. The maximum atomic E-state index is 12.1. The number of anilines is 1. The molecule has 0 bridgehead atoms. The van der Waals surface area contributed by atoms with E-state index in [0.717, 1.165) is 11.1 Å². The Kier molecular flexibility index (Phi) is 6.04. The number of rotatable bonds is 5. The number of halogens is 3. The first-order valence-electron chi connectivity index (χ1n) is 7.52. The van der Waals surface area contributed by atoms with Crippen LogP contribution in [0.25, 0.3) is 11.3 Å². The zero-order valence-corrected chi connectivity index (χ0v) is 16.6. The Morgan fingerprint density at radius 3 is 2.69 bits per heavy atom. The van der Waals surface area contributed by atoms with Gasteiger partial charge < -0.3 is 4.74 Å². The van der Waals surface area contributed by atoms with Crippen LogP contribution in [0.4, 0.5) is 5.13 Å². The standard InChI is InChI=1S/C18H13Cl3N2O2S/c1-10-6-12(3-5-14(10)20)25-8-17(24)23-18-22-16(9-26-18)13-4-2-11(19)7-15(13)21/h2-7,9H,8H2,1H3,(H,22,23,24).